The molecule has 0 fully saturated rings. The molecule has 86 valence electrons. The normalized spacial score (nSPS) is 11.9. The molecule has 0 amide bonds. The highest BCUT2D eigenvalue weighted by atomic mass is 32.1. The first-order valence-corrected chi connectivity index (χ1v) is 6.71. The van der Waals surface area contributed by atoms with E-state index in [0.29, 0.717) is 11.8 Å². The molecule has 0 saturated heterocycles. The molecule has 0 aliphatic carbocycles. The van der Waals surface area contributed by atoms with Gasteiger partial charge in [-0.3, -0.25) is 0 Å². The van der Waals surface area contributed by atoms with E-state index in [1.165, 1.54) is 15.8 Å². The van der Waals surface area contributed by atoms with Crippen molar-refractivity contribution in [1.82, 2.24) is 4.98 Å². The highest BCUT2D eigenvalue weighted by molar-refractivity contribution is 7.18. The molecule has 0 unspecified atom stereocenters. The molecule has 16 heavy (non-hydrogen) atoms. The zero-order chi connectivity index (χ0) is 11.9. The number of rotatable bonds is 2. The van der Waals surface area contributed by atoms with Gasteiger partial charge in [0.15, 0.2) is 0 Å². The van der Waals surface area contributed by atoms with E-state index in [1.807, 2.05) is 0 Å². The maximum atomic E-state index is 4.58. The van der Waals surface area contributed by atoms with Gasteiger partial charge in [0.25, 0.3) is 0 Å². The van der Waals surface area contributed by atoms with Crippen molar-refractivity contribution in [3.63, 3.8) is 0 Å². The van der Waals surface area contributed by atoms with Gasteiger partial charge in [0.2, 0.25) is 0 Å². The van der Waals surface area contributed by atoms with Crippen molar-refractivity contribution in [2.75, 3.05) is 0 Å². The smallest absolute Gasteiger partial charge is 0.0907 e. The maximum Gasteiger partial charge on any atom is 0.0907 e. The Balaban J connectivity index is 2.70. The average molecular weight is 233 g/mol. The summed E-state index contributed by atoms with van der Waals surface area (Å²) in [4.78, 5) is 4.58. The maximum absolute atomic E-state index is 4.58. The molecule has 0 N–H and O–H groups in total. The van der Waals surface area contributed by atoms with Crippen LogP contribution in [0.25, 0.3) is 10.2 Å². The van der Waals surface area contributed by atoms with Gasteiger partial charge in [-0.1, -0.05) is 27.7 Å². The first kappa shape index (κ1) is 11.6. The summed E-state index contributed by atoms with van der Waals surface area (Å²) in [5.41, 5.74) is 4.09. The highest BCUT2D eigenvalue weighted by Gasteiger charge is 2.13. The Kier molecular flexibility index (Phi) is 3.02. The average Bonchev–Trinajstić information content (AvgIpc) is 2.54. The van der Waals surface area contributed by atoms with Crippen molar-refractivity contribution in [3.8, 4) is 0 Å². The summed E-state index contributed by atoms with van der Waals surface area (Å²) in [5.74, 6) is 1.16. The van der Waals surface area contributed by atoms with E-state index in [0.717, 1.165) is 10.5 Å². The minimum atomic E-state index is 0.573. The van der Waals surface area contributed by atoms with Crippen LogP contribution in [-0.2, 0) is 0 Å². The quantitative estimate of drug-likeness (QED) is 0.722. The molecule has 1 aromatic carbocycles. The van der Waals surface area contributed by atoms with E-state index in [-0.39, 0.29) is 0 Å². The monoisotopic (exact) mass is 233 g/mol. The molecule has 2 aromatic rings. The summed E-state index contributed by atoms with van der Waals surface area (Å²) in [6, 6.07) is 4.61. The lowest BCUT2D eigenvalue weighted by Crippen LogP contribution is -1.98. The Bertz CT molecular complexity index is 464. The molecule has 0 spiro atoms. The summed E-state index contributed by atoms with van der Waals surface area (Å²) in [5, 5.41) is 1.16. The molecule has 0 atom stereocenters. The fourth-order valence-corrected chi connectivity index (χ4v) is 2.98. The van der Waals surface area contributed by atoms with E-state index in [2.05, 4.69) is 51.7 Å². The topological polar surface area (TPSA) is 12.9 Å². The predicted octanol–water partition coefficient (Wildman–Crippen LogP) is 4.85. The number of fused-ring (bicyclic) bond motifs is 1. The van der Waals surface area contributed by atoms with Crippen LogP contribution in [0.15, 0.2) is 12.1 Å². The first-order valence-electron chi connectivity index (χ1n) is 5.90. The van der Waals surface area contributed by atoms with Gasteiger partial charge in [0, 0.05) is 0 Å². The van der Waals surface area contributed by atoms with Crippen molar-refractivity contribution in [2.45, 2.75) is 46.5 Å². The number of thiazole rings is 1. The second kappa shape index (κ2) is 4.17. The lowest BCUT2D eigenvalue weighted by atomic mass is 9.90. The minimum Gasteiger partial charge on any atom is -0.242 e. The zero-order valence-electron chi connectivity index (χ0n) is 10.7. The van der Waals surface area contributed by atoms with Gasteiger partial charge < -0.3 is 0 Å². The van der Waals surface area contributed by atoms with Crippen LogP contribution in [0.2, 0.25) is 0 Å². The predicted molar refractivity (Wildman–Crippen MR) is 72.5 cm³/mol. The largest absolute Gasteiger partial charge is 0.242 e. The molecule has 1 nitrogen and oxygen atoms in total. The number of aryl methyl sites for hydroxylation is 1. The molecular weight excluding hydrogens is 214 g/mol. The van der Waals surface area contributed by atoms with E-state index < -0.39 is 0 Å². The second-order valence-corrected chi connectivity index (χ2v) is 6.23. The van der Waals surface area contributed by atoms with Crippen LogP contribution in [0.3, 0.4) is 0 Å². The molecule has 0 radical (unpaired) electrons. The third kappa shape index (κ3) is 1.99. The Morgan fingerprint density at radius 2 is 1.56 bits per heavy atom. The lowest BCUT2D eigenvalue weighted by molar-refractivity contribution is 0.793. The van der Waals surface area contributed by atoms with Crippen LogP contribution < -0.4 is 0 Å². The Morgan fingerprint density at radius 3 is 2.12 bits per heavy atom. The van der Waals surface area contributed by atoms with Crippen molar-refractivity contribution >= 4 is 21.6 Å². The van der Waals surface area contributed by atoms with Crippen LogP contribution in [0, 0.1) is 6.92 Å². The van der Waals surface area contributed by atoms with Gasteiger partial charge in [-0.2, -0.15) is 0 Å². The molecule has 0 bridgehead atoms. The van der Waals surface area contributed by atoms with Gasteiger partial charge in [-0.05, 0) is 42.0 Å². The summed E-state index contributed by atoms with van der Waals surface area (Å²) in [6.45, 7) is 11.1. The van der Waals surface area contributed by atoms with E-state index in [4.69, 9.17) is 0 Å². The number of aromatic nitrogens is 1. The zero-order valence-corrected chi connectivity index (χ0v) is 11.5. The van der Waals surface area contributed by atoms with Crippen molar-refractivity contribution < 1.29 is 0 Å². The lowest BCUT2D eigenvalue weighted by Gasteiger charge is -2.15. The van der Waals surface area contributed by atoms with E-state index in [1.54, 1.807) is 11.3 Å². The summed E-state index contributed by atoms with van der Waals surface area (Å²) >= 11 is 1.79. The fraction of sp³-hybridized carbons (Fsp3) is 0.500. The third-order valence-corrected chi connectivity index (χ3v) is 3.88. The van der Waals surface area contributed by atoms with Gasteiger partial charge in [0.05, 0.1) is 15.2 Å². The third-order valence-electron chi connectivity index (χ3n) is 2.94. The first-order chi connectivity index (χ1) is 7.49. The SMILES string of the molecule is Cc1nc2cc(C(C)C)c(C(C)C)cc2s1. The molecule has 0 aliphatic heterocycles. The minimum absolute atomic E-state index is 0.573. The van der Waals surface area contributed by atoms with Crippen LogP contribution in [-0.4, -0.2) is 4.98 Å². The molecule has 1 heterocycles. The molecular formula is C14H19NS. The van der Waals surface area contributed by atoms with Crippen molar-refractivity contribution in [2.24, 2.45) is 0 Å². The molecule has 1 aromatic heterocycles. The Hall–Kier alpha value is -0.890. The van der Waals surface area contributed by atoms with E-state index >= 15 is 0 Å². The summed E-state index contributed by atoms with van der Waals surface area (Å²) < 4.78 is 1.32. The number of hydrogen-bond donors (Lipinski definition) is 0. The Morgan fingerprint density at radius 1 is 1.00 bits per heavy atom. The van der Waals surface area contributed by atoms with Crippen molar-refractivity contribution in [3.05, 3.63) is 28.3 Å². The van der Waals surface area contributed by atoms with Crippen molar-refractivity contribution in [1.29, 1.82) is 0 Å². The summed E-state index contributed by atoms with van der Waals surface area (Å²) in [7, 11) is 0. The van der Waals surface area contributed by atoms with Crippen LogP contribution >= 0.6 is 11.3 Å². The number of benzene rings is 1. The fourth-order valence-electron chi connectivity index (χ4n) is 2.12. The molecule has 2 rings (SSSR count). The second-order valence-electron chi connectivity index (χ2n) is 4.99. The highest BCUT2D eigenvalue weighted by Crippen LogP contribution is 2.32. The van der Waals surface area contributed by atoms with Crippen LogP contribution in [0.5, 0.6) is 0 Å². The van der Waals surface area contributed by atoms with E-state index in [9.17, 15) is 0 Å². The van der Waals surface area contributed by atoms with Gasteiger partial charge >= 0.3 is 0 Å². The van der Waals surface area contributed by atoms with Crippen LogP contribution in [0.4, 0.5) is 0 Å². The van der Waals surface area contributed by atoms with Crippen LogP contribution in [0.1, 0.15) is 55.7 Å². The Labute approximate surface area is 102 Å². The number of hydrogen-bond acceptors (Lipinski definition) is 2. The molecule has 0 aliphatic rings. The number of nitrogens with zero attached hydrogens (tertiary/aromatic N) is 1. The molecule has 2 heteroatoms. The summed E-state index contributed by atoms with van der Waals surface area (Å²) in [6.07, 6.45) is 0. The van der Waals surface area contributed by atoms with Gasteiger partial charge in [0.1, 0.15) is 0 Å². The standard InChI is InChI=1S/C14H19NS/c1-8(2)11-6-13-14(16-10(5)15-13)7-12(11)9(3)4/h6-9H,1-5H3. The van der Waals surface area contributed by atoms with Gasteiger partial charge in [-0.15, -0.1) is 11.3 Å². The molecule has 0 saturated carbocycles. The van der Waals surface area contributed by atoms with Gasteiger partial charge in [-0.25, -0.2) is 4.98 Å².